The Morgan fingerprint density at radius 3 is 2.86 bits per heavy atom. The summed E-state index contributed by atoms with van der Waals surface area (Å²) in [5.41, 5.74) is 1.09. The number of nitrogens with zero attached hydrogens (tertiary/aromatic N) is 3. The number of likely N-dealkylation sites (tertiary alicyclic amines) is 1. The van der Waals surface area contributed by atoms with Gasteiger partial charge in [0, 0.05) is 42.4 Å². The maximum atomic E-state index is 13.8. The second-order valence-electron chi connectivity index (χ2n) is 8.82. The van der Waals surface area contributed by atoms with Gasteiger partial charge in [-0.1, -0.05) is 6.07 Å². The van der Waals surface area contributed by atoms with Crippen molar-refractivity contribution in [1.82, 2.24) is 19.2 Å². The zero-order valence-corrected chi connectivity index (χ0v) is 20.8. The van der Waals surface area contributed by atoms with Crippen LogP contribution in [0.2, 0.25) is 0 Å². The number of esters is 1. The van der Waals surface area contributed by atoms with Gasteiger partial charge in [0.15, 0.2) is 0 Å². The summed E-state index contributed by atoms with van der Waals surface area (Å²) in [7, 11) is -2.77. The van der Waals surface area contributed by atoms with Crippen molar-refractivity contribution in [2.45, 2.75) is 55.6 Å². The molecular formula is C25H29N5O5S. The molecule has 1 saturated heterocycles. The predicted molar refractivity (Wildman–Crippen MR) is 132 cm³/mol. The van der Waals surface area contributed by atoms with Crippen molar-refractivity contribution >= 4 is 32.8 Å². The van der Waals surface area contributed by atoms with Crippen LogP contribution in [0.5, 0.6) is 0 Å². The van der Waals surface area contributed by atoms with Gasteiger partial charge in [-0.05, 0) is 56.0 Å². The lowest BCUT2D eigenvalue weighted by Crippen LogP contribution is -2.54. The summed E-state index contributed by atoms with van der Waals surface area (Å²) >= 11 is 0. The Morgan fingerprint density at radius 2 is 2.08 bits per heavy atom. The van der Waals surface area contributed by atoms with E-state index in [9.17, 15) is 23.3 Å². The van der Waals surface area contributed by atoms with E-state index in [-0.39, 0.29) is 36.2 Å². The zero-order valence-electron chi connectivity index (χ0n) is 20.0. The molecule has 1 aliphatic rings. The number of methoxy groups -OCH3 is 1. The van der Waals surface area contributed by atoms with Crippen LogP contribution in [0.15, 0.2) is 53.7 Å². The van der Waals surface area contributed by atoms with Crippen molar-refractivity contribution in [3.63, 3.8) is 0 Å². The maximum absolute atomic E-state index is 13.8. The molecule has 0 radical (unpaired) electrons. The SMILES string of the molecule is COC(=O)CC1CCCCN1C(=O)C(CCn1cccc1C#N)NS(=O)(=O)c1cccc2[nH]ccc12. The van der Waals surface area contributed by atoms with Gasteiger partial charge in [0.1, 0.15) is 17.8 Å². The number of aromatic nitrogens is 2. The first-order chi connectivity index (χ1) is 17.3. The number of carbonyl (C=O) groups excluding carboxylic acids is 2. The molecule has 3 aromatic rings. The Morgan fingerprint density at radius 1 is 1.25 bits per heavy atom. The first-order valence-corrected chi connectivity index (χ1v) is 13.3. The van der Waals surface area contributed by atoms with E-state index in [0.717, 1.165) is 12.8 Å². The van der Waals surface area contributed by atoms with Gasteiger partial charge >= 0.3 is 5.97 Å². The van der Waals surface area contributed by atoms with E-state index in [1.54, 1.807) is 52.2 Å². The molecule has 2 atom stereocenters. The van der Waals surface area contributed by atoms with Crippen molar-refractivity contribution in [3.8, 4) is 6.07 Å². The molecule has 11 heteroatoms. The normalized spacial score (nSPS) is 17.0. The third kappa shape index (κ3) is 5.45. The minimum Gasteiger partial charge on any atom is -0.469 e. The summed E-state index contributed by atoms with van der Waals surface area (Å²) in [5.74, 6) is -0.805. The smallest absolute Gasteiger partial charge is 0.307 e. The van der Waals surface area contributed by atoms with Gasteiger partial charge in [0.2, 0.25) is 15.9 Å². The van der Waals surface area contributed by atoms with Crippen LogP contribution in [-0.4, -0.2) is 60.5 Å². The molecule has 0 saturated carbocycles. The fourth-order valence-electron chi connectivity index (χ4n) is 4.73. The van der Waals surface area contributed by atoms with Crippen molar-refractivity contribution in [2.75, 3.05) is 13.7 Å². The number of hydrogen-bond acceptors (Lipinski definition) is 6. The highest BCUT2D eigenvalue weighted by atomic mass is 32.2. The average molecular weight is 512 g/mol. The Bertz CT molecular complexity index is 1390. The third-order valence-corrected chi connectivity index (χ3v) is 8.11. The van der Waals surface area contributed by atoms with E-state index in [0.29, 0.717) is 29.6 Å². The zero-order chi connectivity index (χ0) is 25.7. The number of benzene rings is 1. The van der Waals surface area contributed by atoms with Gasteiger partial charge in [-0.3, -0.25) is 9.59 Å². The standard InChI is InChI=1S/C25H29N5O5S/c1-35-24(31)16-18-6-2-3-14-30(18)25(32)22(11-15-29-13-5-7-19(29)17-26)28-36(33,34)23-9-4-8-21-20(23)10-12-27-21/h4-5,7-10,12-13,18,22,27-28H,2-3,6,11,14-16H2,1H3. The van der Waals surface area contributed by atoms with E-state index in [2.05, 4.69) is 15.8 Å². The molecule has 0 bridgehead atoms. The molecule has 1 aromatic carbocycles. The number of hydrogen-bond donors (Lipinski definition) is 2. The Balaban J connectivity index is 1.63. The lowest BCUT2D eigenvalue weighted by Gasteiger charge is -2.37. The molecule has 2 unspecified atom stereocenters. The lowest BCUT2D eigenvalue weighted by atomic mass is 9.98. The molecule has 1 amide bonds. The van der Waals surface area contributed by atoms with E-state index in [4.69, 9.17) is 4.74 Å². The van der Waals surface area contributed by atoms with E-state index in [1.807, 2.05) is 0 Å². The topological polar surface area (TPSA) is 137 Å². The monoisotopic (exact) mass is 511 g/mol. The number of aryl methyl sites for hydroxylation is 1. The van der Waals surface area contributed by atoms with E-state index < -0.39 is 22.0 Å². The first-order valence-electron chi connectivity index (χ1n) is 11.8. The highest BCUT2D eigenvalue weighted by Crippen LogP contribution is 2.25. The molecule has 4 rings (SSSR count). The van der Waals surface area contributed by atoms with Crippen LogP contribution in [0.4, 0.5) is 0 Å². The molecule has 3 heterocycles. The fraction of sp³-hybridized carbons (Fsp3) is 0.400. The van der Waals surface area contributed by atoms with Gasteiger partial charge < -0.3 is 19.2 Å². The van der Waals surface area contributed by atoms with Gasteiger partial charge in [-0.25, -0.2) is 8.42 Å². The Hall–Kier alpha value is -3.62. The fourth-order valence-corrected chi connectivity index (χ4v) is 6.18. The number of amides is 1. The highest BCUT2D eigenvalue weighted by molar-refractivity contribution is 7.89. The number of sulfonamides is 1. The number of ether oxygens (including phenoxy) is 1. The third-order valence-electron chi connectivity index (χ3n) is 6.58. The van der Waals surface area contributed by atoms with Gasteiger partial charge in [0.25, 0.3) is 0 Å². The van der Waals surface area contributed by atoms with Crippen LogP contribution in [0.1, 0.15) is 37.8 Å². The van der Waals surface area contributed by atoms with Crippen molar-refractivity contribution in [1.29, 1.82) is 5.26 Å². The van der Waals surface area contributed by atoms with Crippen LogP contribution in [0.25, 0.3) is 10.9 Å². The van der Waals surface area contributed by atoms with Gasteiger partial charge in [-0.15, -0.1) is 0 Å². The molecular weight excluding hydrogens is 482 g/mol. The summed E-state index contributed by atoms with van der Waals surface area (Å²) in [5, 5.41) is 9.86. The molecule has 0 spiro atoms. The molecule has 190 valence electrons. The molecule has 2 aromatic heterocycles. The lowest BCUT2D eigenvalue weighted by molar-refractivity contribution is -0.145. The van der Waals surface area contributed by atoms with E-state index in [1.165, 1.54) is 13.2 Å². The van der Waals surface area contributed by atoms with Crippen LogP contribution in [0.3, 0.4) is 0 Å². The Kier molecular flexibility index (Phi) is 7.76. The summed E-state index contributed by atoms with van der Waals surface area (Å²) < 4.78 is 36.1. The van der Waals surface area contributed by atoms with E-state index >= 15 is 0 Å². The summed E-state index contributed by atoms with van der Waals surface area (Å²) in [6, 6.07) is 10.6. The largest absolute Gasteiger partial charge is 0.469 e. The number of nitriles is 1. The number of piperidine rings is 1. The number of fused-ring (bicyclic) bond motifs is 1. The predicted octanol–water partition coefficient (Wildman–Crippen LogP) is 2.52. The molecule has 1 aliphatic heterocycles. The maximum Gasteiger partial charge on any atom is 0.307 e. The second kappa shape index (κ2) is 11.0. The molecule has 1 fully saturated rings. The van der Waals surface area contributed by atoms with Crippen molar-refractivity contribution < 1.29 is 22.7 Å². The number of nitrogens with one attached hydrogen (secondary N) is 2. The van der Waals surface area contributed by atoms with Crippen LogP contribution < -0.4 is 4.72 Å². The molecule has 10 nitrogen and oxygen atoms in total. The van der Waals surface area contributed by atoms with Crippen LogP contribution in [-0.2, 0) is 30.9 Å². The van der Waals surface area contributed by atoms with Crippen molar-refractivity contribution in [3.05, 3.63) is 54.5 Å². The number of rotatable bonds is 9. The number of aromatic amines is 1. The highest BCUT2D eigenvalue weighted by Gasteiger charge is 2.35. The average Bonchev–Trinajstić information content (AvgIpc) is 3.55. The van der Waals surface area contributed by atoms with Gasteiger partial charge in [-0.2, -0.15) is 9.98 Å². The van der Waals surface area contributed by atoms with Crippen LogP contribution >= 0.6 is 0 Å². The minimum absolute atomic E-state index is 0.0561. The molecule has 36 heavy (non-hydrogen) atoms. The summed E-state index contributed by atoms with van der Waals surface area (Å²) in [4.78, 5) is 30.4. The second-order valence-corrected chi connectivity index (χ2v) is 10.5. The molecule has 2 N–H and O–H groups in total. The van der Waals surface area contributed by atoms with Gasteiger partial charge in [0.05, 0.1) is 18.4 Å². The molecule has 0 aliphatic carbocycles. The number of carbonyl (C=O) groups is 2. The minimum atomic E-state index is -4.07. The quantitative estimate of drug-likeness (QED) is 0.424. The Labute approximate surface area is 209 Å². The summed E-state index contributed by atoms with van der Waals surface area (Å²) in [6.45, 7) is 0.692. The summed E-state index contributed by atoms with van der Waals surface area (Å²) in [6.07, 6.45) is 5.84. The van der Waals surface area contributed by atoms with Crippen molar-refractivity contribution in [2.24, 2.45) is 0 Å². The number of H-pyrrole nitrogens is 1. The van der Waals surface area contributed by atoms with Crippen LogP contribution in [0, 0.1) is 11.3 Å². The first kappa shape index (κ1) is 25.5.